The third kappa shape index (κ3) is 2.35. The monoisotopic (exact) mass is 143 g/mol. The van der Waals surface area contributed by atoms with E-state index in [-0.39, 0.29) is 0 Å². The first-order valence-electron chi connectivity index (χ1n) is 3.54. The van der Waals surface area contributed by atoms with Crippen molar-refractivity contribution in [2.45, 2.75) is 38.1 Å². The van der Waals surface area contributed by atoms with E-state index in [0.29, 0.717) is 6.04 Å². The van der Waals surface area contributed by atoms with Crippen molar-refractivity contribution < 1.29 is 0 Å². The average Bonchev–Trinajstić information content (AvgIpc) is 1.91. The van der Waals surface area contributed by atoms with E-state index in [2.05, 4.69) is 4.72 Å². The molecule has 0 aromatic rings. The molecule has 0 radical (unpaired) electrons. The summed E-state index contributed by atoms with van der Waals surface area (Å²) in [5.41, 5.74) is 5.26. The Hall–Kier alpha value is -0.0400. The molecule has 1 saturated carbocycles. The predicted octanol–water partition coefficient (Wildman–Crippen LogP) is 2.15. The van der Waals surface area contributed by atoms with Crippen molar-refractivity contribution in [2.24, 2.45) is 0 Å². The Labute approximate surface area is 60.6 Å². The summed E-state index contributed by atoms with van der Waals surface area (Å²) >= 11 is 1.26. The summed E-state index contributed by atoms with van der Waals surface area (Å²) < 4.78 is 3.18. The van der Waals surface area contributed by atoms with Crippen LogP contribution in [-0.4, -0.2) is 6.04 Å². The van der Waals surface area contributed by atoms with Crippen LogP contribution in [0.3, 0.4) is 0 Å². The Kier molecular flexibility index (Phi) is 3.05. The quantitative estimate of drug-likeness (QED) is 0.555. The van der Waals surface area contributed by atoms with Gasteiger partial charge >= 0.3 is 0 Å². The van der Waals surface area contributed by atoms with E-state index in [1.165, 1.54) is 43.5 Å². The highest BCUT2D eigenvalue weighted by molar-refractivity contribution is 7.86. The summed E-state index contributed by atoms with van der Waals surface area (Å²) in [5.74, 6) is 0. The summed E-state index contributed by atoms with van der Waals surface area (Å²) in [6, 6.07) is 0.689. The molecule has 1 rings (SSSR count). The standard InChI is InChI=1S/C7H13NS/c1-9-8-7-5-3-2-4-6-7/h1,7-8H,2-6H2. The third-order valence-electron chi connectivity index (χ3n) is 1.84. The Balaban J connectivity index is 2.17. The van der Waals surface area contributed by atoms with Gasteiger partial charge in [0.05, 0.1) is 0 Å². The maximum absolute atomic E-state index is 5.26. The van der Waals surface area contributed by atoms with Gasteiger partial charge in [0.1, 0.15) is 0 Å². The minimum Gasteiger partial charge on any atom is -0.237 e. The van der Waals surface area contributed by atoms with Gasteiger partial charge in [0, 0.05) is 6.04 Å². The highest BCUT2D eigenvalue weighted by Crippen LogP contribution is 2.17. The molecule has 0 heterocycles. The fourth-order valence-electron chi connectivity index (χ4n) is 1.32. The van der Waals surface area contributed by atoms with Crippen LogP contribution in [0.1, 0.15) is 32.1 Å². The summed E-state index contributed by atoms with van der Waals surface area (Å²) in [6.45, 7) is 0. The van der Waals surface area contributed by atoms with E-state index in [1.807, 2.05) is 0 Å². The van der Waals surface area contributed by atoms with Crippen LogP contribution in [0.2, 0.25) is 0 Å². The van der Waals surface area contributed by atoms with Gasteiger partial charge in [0.15, 0.2) is 0 Å². The summed E-state index contributed by atoms with van der Waals surface area (Å²) in [5, 5.41) is 0. The summed E-state index contributed by atoms with van der Waals surface area (Å²) in [6.07, 6.45) is 6.78. The van der Waals surface area contributed by atoms with Crippen LogP contribution in [0.25, 0.3) is 0 Å². The molecule has 1 nitrogen and oxygen atoms in total. The molecule has 1 aliphatic carbocycles. The number of nitrogens with one attached hydrogen (secondary N) is 1. The second-order valence-corrected chi connectivity index (χ2v) is 3.04. The van der Waals surface area contributed by atoms with Crippen LogP contribution in [0, 0.1) is 5.69 Å². The Morgan fingerprint density at radius 3 is 2.44 bits per heavy atom. The molecule has 0 bridgehead atoms. The maximum Gasteiger partial charge on any atom is 0.0213 e. The molecule has 0 aromatic heterocycles. The van der Waals surface area contributed by atoms with Gasteiger partial charge < -0.3 is 0 Å². The Bertz CT molecular complexity index is 111. The van der Waals surface area contributed by atoms with Crippen molar-refractivity contribution in [3.8, 4) is 5.69 Å². The van der Waals surface area contributed by atoms with Gasteiger partial charge in [-0.3, -0.25) is 0 Å². The van der Waals surface area contributed by atoms with Crippen LogP contribution in [0.5, 0.6) is 0 Å². The molecule has 1 aliphatic rings. The predicted molar refractivity (Wildman–Crippen MR) is 42.5 cm³/mol. The topological polar surface area (TPSA) is 12.0 Å². The van der Waals surface area contributed by atoms with Crippen molar-refractivity contribution in [2.75, 3.05) is 0 Å². The number of hydrogen-bond donors (Lipinski definition) is 1. The third-order valence-corrected chi connectivity index (χ3v) is 2.31. The average molecular weight is 143 g/mol. The lowest BCUT2D eigenvalue weighted by Crippen LogP contribution is -2.23. The van der Waals surface area contributed by atoms with Gasteiger partial charge in [0.2, 0.25) is 0 Å². The zero-order valence-corrected chi connectivity index (χ0v) is 6.41. The van der Waals surface area contributed by atoms with Crippen molar-refractivity contribution >= 4 is 11.4 Å². The number of rotatable bonds is 1. The van der Waals surface area contributed by atoms with Crippen molar-refractivity contribution in [3.63, 3.8) is 0 Å². The SMILES string of the molecule is C#SNC1CCCCC1. The van der Waals surface area contributed by atoms with E-state index in [9.17, 15) is 0 Å². The van der Waals surface area contributed by atoms with Gasteiger partial charge in [-0.2, -0.15) is 0 Å². The molecule has 52 valence electrons. The molecule has 0 saturated heterocycles. The van der Waals surface area contributed by atoms with E-state index in [4.69, 9.17) is 5.69 Å². The van der Waals surface area contributed by atoms with Gasteiger partial charge in [0.25, 0.3) is 0 Å². The smallest absolute Gasteiger partial charge is 0.0213 e. The second-order valence-electron chi connectivity index (χ2n) is 2.57. The van der Waals surface area contributed by atoms with Crippen molar-refractivity contribution in [3.05, 3.63) is 0 Å². The largest absolute Gasteiger partial charge is 0.237 e. The van der Waals surface area contributed by atoms with Gasteiger partial charge in [-0.15, -0.1) is 0 Å². The molecule has 0 amide bonds. The molecule has 2 heteroatoms. The van der Waals surface area contributed by atoms with Crippen molar-refractivity contribution in [1.82, 2.24) is 4.72 Å². The summed E-state index contributed by atoms with van der Waals surface area (Å²) in [4.78, 5) is 0. The zero-order valence-electron chi connectivity index (χ0n) is 5.60. The lowest BCUT2D eigenvalue weighted by molar-refractivity contribution is 0.424. The normalized spacial score (nSPS) is 21.7. The molecule has 0 aromatic carbocycles. The van der Waals surface area contributed by atoms with Crippen LogP contribution >= 0.6 is 11.4 Å². The van der Waals surface area contributed by atoms with Crippen LogP contribution in [0.15, 0.2) is 0 Å². The fourth-order valence-corrected chi connectivity index (χ4v) is 1.74. The minimum atomic E-state index is 0.689. The molecule has 1 fully saturated rings. The van der Waals surface area contributed by atoms with Crippen LogP contribution in [-0.2, 0) is 0 Å². The molecular formula is C7H13NS. The van der Waals surface area contributed by atoms with E-state index >= 15 is 0 Å². The van der Waals surface area contributed by atoms with E-state index < -0.39 is 0 Å². The van der Waals surface area contributed by atoms with Gasteiger partial charge in [-0.1, -0.05) is 36.3 Å². The van der Waals surface area contributed by atoms with Gasteiger partial charge in [-0.25, -0.2) is 4.72 Å². The lowest BCUT2D eigenvalue weighted by atomic mass is 9.96. The highest BCUT2D eigenvalue weighted by Gasteiger charge is 2.10. The first kappa shape index (κ1) is 7.07. The summed E-state index contributed by atoms with van der Waals surface area (Å²) in [7, 11) is 0. The van der Waals surface area contributed by atoms with Gasteiger partial charge in [-0.05, 0) is 12.8 Å². The second kappa shape index (κ2) is 3.89. The van der Waals surface area contributed by atoms with E-state index in [0.717, 1.165) is 0 Å². The molecular weight excluding hydrogens is 130 g/mol. The lowest BCUT2D eigenvalue weighted by Gasteiger charge is -2.19. The molecule has 0 spiro atoms. The number of hydrogen-bond acceptors (Lipinski definition) is 1. The van der Waals surface area contributed by atoms with E-state index in [1.54, 1.807) is 0 Å². The van der Waals surface area contributed by atoms with Crippen molar-refractivity contribution in [1.29, 1.82) is 0 Å². The first-order valence-corrected chi connectivity index (χ1v) is 4.42. The maximum atomic E-state index is 5.26. The molecule has 0 aliphatic heterocycles. The molecule has 0 atom stereocenters. The zero-order chi connectivity index (χ0) is 6.53. The molecule has 0 unspecified atom stereocenters. The first-order chi connectivity index (χ1) is 4.43. The highest BCUT2D eigenvalue weighted by atomic mass is 32.1. The van der Waals surface area contributed by atoms with Crippen LogP contribution in [0.4, 0.5) is 0 Å². The Morgan fingerprint density at radius 1 is 1.22 bits per heavy atom. The minimum absolute atomic E-state index is 0.689. The molecule has 1 N–H and O–H groups in total. The molecule has 9 heavy (non-hydrogen) atoms. The fraction of sp³-hybridized carbons (Fsp3) is 0.857. The Morgan fingerprint density at radius 2 is 1.89 bits per heavy atom. The van der Waals surface area contributed by atoms with Crippen LogP contribution < -0.4 is 4.72 Å².